The normalized spacial score (nSPS) is 15.3. The van der Waals surface area contributed by atoms with Gasteiger partial charge in [0.15, 0.2) is 0 Å². The topological polar surface area (TPSA) is 83.7 Å². The van der Waals surface area contributed by atoms with Crippen LogP contribution < -0.4 is 4.90 Å². The van der Waals surface area contributed by atoms with E-state index in [1.165, 1.54) is 6.07 Å². The number of carboxylic acid groups (broad SMARTS) is 1. The van der Waals surface area contributed by atoms with E-state index in [-0.39, 0.29) is 11.3 Å². The van der Waals surface area contributed by atoms with Gasteiger partial charge in [-0.25, -0.2) is 4.79 Å². The summed E-state index contributed by atoms with van der Waals surface area (Å²) in [5.41, 5.74) is 1.06. The number of nitro benzene ring substituents is 1. The fourth-order valence-electron chi connectivity index (χ4n) is 2.46. The Morgan fingerprint density at radius 3 is 2.47 bits per heavy atom. The van der Waals surface area contributed by atoms with Crippen molar-refractivity contribution in [1.82, 2.24) is 0 Å². The molecule has 1 heterocycles. The van der Waals surface area contributed by atoms with Crippen LogP contribution in [0.25, 0.3) is 0 Å². The number of nitrogens with zero attached hydrogens (tertiary/aromatic N) is 2. The predicted octanol–water partition coefficient (Wildman–Crippen LogP) is 2.59. The number of benzene rings is 1. The monoisotopic (exact) mass is 264 g/mol. The average molecular weight is 264 g/mol. The summed E-state index contributed by atoms with van der Waals surface area (Å²) in [4.78, 5) is 23.6. The van der Waals surface area contributed by atoms with Crippen LogP contribution in [0.1, 0.15) is 35.2 Å². The smallest absolute Gasteiger partial charge is 0.336 e. The van der Waals surface area contributed by atoms with E-state index in [0.29, 0.717) is 11.3 Å². The highest BCUT2D eigenvalue weighted by molar-refractivity contribution is 5.90. The van der Waals surface area contributed by atoms with Crippen LogP contribution in [0, 0.1) is 17.0 Å². The van der Waals surface area contributed by atoms with E-state index in [0.717, 1.165) is 38.4 Å². The number of piperidine rings is 1. The van der Waals surface area contributed by atoms with Gasteiger partial charge in [-0.05, 0) is 32.3 Å². The van der Waals surface area contributed by atoms with E-state index in [2.05, 4.69) is 0 Å². The first kappa shape index (κ1) is 13.3. The van der Waals surface area contributed by atoms with Gasteiger partial charge in [0, 0.05) is 24.8 Å². The first-order chi connectivity index (χ1) is 9.00. The van der Waals surface area contributed by atoms with E-state index in [1.54, 1.807) is 6.92 Å². The molecule has 1 aromatic carbocycles. The molecule has 0 radical (unpaired) electrons. The lowest BCUT2D eigenvalue weighted by atomic mass is 10.0. The zero-order valence-corrected chi connectivity index (χ0v) is 10.8. The molecule has 1 aromatic rings. The molecule has 0 unspecified atom stereocenters. The highest BCUT2D eigenvalue weighted by Crippen LogP contribution is 2.32. The molecule has 1 fully saturated rings. The summed E-state index contributed by atoms with van der Waals surface area (Å²) in [6, 6.07) is 2.67. The lowest BCUT2D eigenvalue weighted by molar-refractivity contribution is -0.385. The molecule has 2 rings (SSSR count). The van der Waals surface area contributed by atoms with Crippen molar-refractivity contribution in [2.24, 2.45) is 0 Å². The van der Waals surface area contributed by atoms with Crippen LogP contribution in [0.2, 0.25) is 0 Å². The minimum atomic E-state index is -1.14. The van der Waals surface area contributed by atoms with Gasteiger partial charge in [-0.2, -0.15) is 0 Å². The second-order valence-corrected chi connectivity index (χ2v) is 4.75. The molecule has 19 heavy (non-hydrogen) atoms. The van der Waals surface area contributed by atoms with Gasteiger partial charge in [0.25, 0.3) is 5.69 Å². The summed E-state index contributed by atoms with van der Waals surface area (Å²) in [7, 11) is 0. The van der Waals surface area contributed by atoms with Crippen molar-refractivity contribution in [2.45, 2.75) is 26.2 Å². The summed E-state index contributed by atoms with van der Waals surface area (Å²) in [6.07, 6.45) is 3.21. The van der Waals surface area contributed by atoms with E-state index < -0.39 is 10.9 Å². The molecule has 1 aliphatic rings. The number of rotatable bonds is 3. The molecule has 0 aliphatic carbocycles. The van der Waals surface area contributed by atoms with Crippen LogP contribution in [-0.2, 0) is 0 Å². The standard InChI is InChI=1S/C13H16N2O4/c1-9-11(14-5-3-2-4-6-14)7-10(13(16)17)8-12(9)15(18)19/h7-8H,2-6H2,1H3,(H,16,17). The first-order valence-electron chi connectivity index (χ1n) is 6.28. The van der Waals surface area contributed by atoms with Crippen molar-refractivity contribution in [1.29, 1.82) is 0 Å². The van der Waals surface area contributed by atoms with Crippen molar-refractivity contribution in [3.63, 3.8) is 0 Å². The Morgan fingerprint density at radius 1 is 1.32 bits per heavy atom. The molecule has 0 amide bonds. The van der Waals surface area contributed by atoms with Gasteiger partial charge in [-0.3, -0.25) is 10.1 Å². The molecular weight excluding hydrogens is 248 g/mol. The molecule has 0 aromatic heterocycles. The van der Waals surface area contributed by atoms with Gasteiger partial charge < -0.3 is 10.0 Å². The van der Waals surface area contributed by atoms with Gasteiger partial charge >= 0.3 is 5.97 Å². The van der Waals surface area contributed by atoms with Crippen molar-refractivity contribution in [3.8, 4) is 0 Å². The number of carbonyl (C=O) groups is 1. The van der Waals surface area contributed by atoms with Crippen LogP contribution in [0.15, 0.2) is 12.1 Å². The van der Waals surface area contributed by atoms with E-state index in [9.17, 15) is 14.9 Å². The summed E-state index contributed by atoms with van der Waals surface area (Å²) in [5, 5.41) is 20.1. The fourth-order valence-corrected chi connectivity index (χ4v) is 2.46. The molecule has 0 saturated carbocycles. The highest BCUT2D eigenvalue weighted by atomic mass is 16.6. The van der Waals surface area contributed by atoms with Gasteiger partial charge in [-0.1, -0.05) is 0 Å². The Labute approximate surface area is 110 Å². The largest absolute Gasteiger partial charge is 0.478 e. The van der Waals surface area contributed by atoms with Crippen molar-refractivity contribution in [2.75, 3.05) is 18.0 Å². The molecule has 0 bridgehead atoms. The first-order valence-corrected chi connectivity index (χ1v) is 6.28. The van der Waals surface area contributed by atoms with Crippen LogP contribution in [-0.4, -0.2) is 29.1 Å². The Bertz CT molecular complexity index is 522. The maximum atomic E-state index is 11.1. The summed E-state index contributed by atoms with van der Waals surface area (Å²) < 4.78 is 0. The molecule has 1 N–H and O–H groups in total. The molecule has 0 spiro atoms. The number of carboxylic acids is 1. The summed E-state index contributed by atoms with van der Waals surface area (Å²) in [6.45, 7) is 3.32. The molecule has 102 valence electrons. The molecular formula is C13H16N2O4. The van der Waals surface area contributed by atoms with Crippen LogP contribution in [0.4, 0.5) is 11.4 Å². The molecule has 6 heteroatoms. The summed E-state index contributed by atoms with van der Waals surface area (Å²) >= 11 is 0. The van der Waals surface area contributed by atoms with Crippen molar-refractivity contribution >= 4 is 17.3 Å². The van der Waals surface area contributed by atoms with E-state index in [1.807, 2.05) is 4.90 Å². The number of hydrogen-bond donors (Lipinski definition) is 1. The zero-order chi connectivity index (χ0) is 14.0. The SMILES string of the molecule is Cc1c(N2CCCCC2)cc(C(=O)O)cc1[N+](=O)[O-]. The molecule has 1 saturated heterocycles. The minimum absolute atomic E-state index is 0.0297. The second kappa shape index (κ2) is 5.26. The quantitative estimate of drug-likeness (QED) is 0.670. The number of hydrogen-bond acceptors (Lipinski definition) is 4. The lowest BCUT2D eigenvalue weighted by Gasteiger charge is -2.30. The number of anilines is 1. The van der Waals surface area contributed by atoms with Crippen molar-refractivity contribution in [3.05, 3.63) is 33.4 Å². The minimum Gasteiger partial charge on any atom is -0.478 e. The maximum absolute atomic E-state index is 11.1. The predicted molar refractivity (Wildman–Crippen MR) is 70.9 cm³/mol. The maximum Gasteiger partial charge on any atom is 0.336 e. The highest BCUT2D eigenvalue weighted by Gasteiger charge is 2.22. The van der Waals surface area contributed by atoms with E-state index >= 15 is 0 Å². The Balaban J connectivity index is 2.51. The Kier molecular flexibility index (Phi) is 3.69. The lowest BCUT2D eigenvalue weighted by Crippen LogP contribution is -2.30. The molecule has 1 aliphatic heterocycles. The van der Waals surface area contributed by atoms with Gasteiger partial charge in [0.05, 0.1) is 16.1 Å². The second-order valence-electron chi connectivity index (χ2n) is 4.75. The van der Waals surface area contributed by atoms with Crippen LogP contribution in [0.3, 0.4) is 0 Å². The summed E-state index contributed by atoms with van der Waals surface area (Å²) in [5.74, 6) is -1.14. The third-order valence-electron chi connectivity index (χ3n) is 3.49. The average Bonchev–Trinajstić information content (AvgIpc) is 2.39. The zero-order valence-electron chi connectivity index (χ0n) is 10.8. The van der Waals surface area contributed by atoms with Crippen molar-refractivity contribution < 1.29 is 14.8 Å². The van der Waals surface area contributed by atoms with Crippen LogP contribution in [0.5, 0.6) is 0 Å². The Hall–Kier alpha value is -2.11. The Morgan fingerprint density at radius 2 is 1.95 bits per heavy atom. The third kappa shape index (κ3) is 2.67. The third-order valence-corrected chi connectivity index (χ3v) is 3.49. The number of nitro groups is 1. The fraction of sp³-hybridized carbons (Fsp3) is 0.462. The number of aromatic carboxylic acids is 1. The van der Waals surface area contributed by atoms with Gasteiger partial charge in [-0.15, -0.1) is 0 Å². The molecule has 6 nitrogen and oxygen atoms in total. The van der Waals surface area contributed by atoms with Crippen LogP contribution >= 0.6 is 0 Å². The van der Waals surface area contributed by atoms with E-state index in [4.69, 9.17) is 5.11 Å². The van der Waals surface area contributed by atoms with Gasteiger partial charge in [0.1, 0.15) is 0 Å². The molecule has 0 atom stereocenters. The van der Waals surface area contributed by atoms with Gasteiger partial charge in [0.2, 0.25) is 0 Å².